The molecule has 6 heteroatoms. The van der Waals surface area contributed by atoms with Crippen LogP contribution < -0.4 is 0 Å². The van der Waals surface area contributed by atoms with E-state index in [0.717, 1.165) is 121 Å². The van der Waals surface area contributed by atoms with Gasteiger partial charge in [-0.25, -0.2) is 0 Å². The average molecular weight is 973 g/mol. The fourth-order valence-electron chi connectivity index (χ4n) is 11.6. The maximum Gasteiger partial charge on any atom is 0.101 e. The van der Waals surface area contributed by atoms with E-state index in [1.54, 1.807) is 6.08 Å². The third-order valence-corrected chi connectivity index (χ3v) is 15.0. The molecule has 4 aromatic heterocycles. The number of para-hydroxylation sites is 4. The molecule has 0 aliphatic carbocycles. The Labute approximate surface area is 440 Å². The van der Waals surface area contributed by atoms with Crippen molar-refractivity contribution in [3.63, 3.8) is 0 Å². The summed E-state index contributed by atoms with van der Waals surface area (Å²) in [6.45, 7) is 8.54. The van der Waals surface area contributed by atoms with Gasteiger partial charge in [0.1, 0.15) is 6.07 Å². The lowest BCUT2D eigenvalue weighted by Gasteiger charge is -2.15. The van der Waals surface area contributed by atoms with Crippen molar-refractivity contribution >= 4 is 105 Å². The minimum Gasteiger partial charge on any atom is -0.309 e. The predicted octanol–water partition coefficient (Wildman–Crippen LogP) is 18.2. The van der Waals surface area contributed by atoms with Crippen LogP contribution in [0.3, 0.4) is 0 Å². The molecule has 76 heavy (non-hydrogen) atoms. The molecule has 13 aromatic rings. The number of nitrogens with zero attached hydrogens (tertiary/aromatic N) is 6. The molecule has 0 atom stereocenters. The monoisotopic (exact) mass is 972 g/mol. The Hall–Kier alpha value is -10.4. The molecule has 0 N–H and O–H groups in total. The van der Waals surface area contributed by atoms with E-state index in [1.165, 1.54) is 0 Å². The zero-order chi connectivity index (χ0) is 51.4. The summed E-state index contributed by atoms with van der Waals surface area (Å²) in [5.41, 5.74) is 17.0. The van der Waals surface area contributed by atoms with Crippen molar-refractivity contribution in [1.82, 2.24) is 18.3 Å². The highest BCUT2D eigenvalue weighted by molar-refractivity contribution is 6.21. The minimum absolute atomic E-state index is 0.387. The SMILES string of the molecule is C=Cc1c(/C=C(\C)c2ccccc2)c2cc3c(cc2n1C(=C\C#N)/C=C(C#N)\C(=C/C)n1c2ccc(-c4ccccc4)cc2c2cc4c(cc21)c1ccccc1n4-c1ccccc1)c1ccccc1n3-c1ccccc1. The van der Waals surface area contributed by atoms with E-state index in [2.05, 4.69) is 244 Å². The number of hydrogen-bond donors (Lipinski definition) is 0. The fourth-order valence-corrected chi connectivity index (χ4v) is 11.6. The van der Waals surface area contributed by atoms with Crippen molar-refractivity contribution in [2.75, 3.05) is 0 Å². The van der Waals surface area contributed by atoms with Crippen LogP contribution in [0.2, 0.25) is 0 Å². The van der Waals surface area contributed by atoms with Gasteiger partial charge < -0.3 is 18.3 Å². The fraction of sp³-hybridized carbons (Fsp3) is 0.0286. The predicted molar refractivity (Wildman–Crippen MR) is 319 cm³/mol. The maximum atomic E-state index is 11.6. The number of aromatic nitrogens is 4. The van der Waals surface area contributed by atoms with Gasteiger partial charge in [-0.05, 0) is 127 Å². The summed E-state index contributed by atoms with van der Waals surface area (Å²) < 4.78 is 9.01. The van der Waals surface area contributed by atoms with Crippen molar-refractivity contribution < 1.29 is 0 Å². The lowest BCUT2D eigenvalue weighted by Crippen LogP contribution is -2.03. The van der Waals surface area contributed by atoms with Crippen molar-refractivity contribution in [3.05, 3.63) is 260 Å². The molecule has 0 saturated carbocycles. The van der Waals surface area contributed by atoms with Crippen molar-refractivity contribution in [3.8, 4) is 34.6 Å². The number of allylic oxidation sites excluding steroid dienone is 7. The molecular weight excluding hydrogens is 925 g/mol. The molecule has 0 fully saturated rings. The molecule has 9 aromatic carbocycles. The van der Waals surface area contributed by atoms with E-state index in [4.69, 9.17) is 0 Å². The molecule has 358 valence electrons. The van der Waals surface area contributed by atoms with Gasteiger partial charge in [-0.1, -0.05) is 152 Å². The Morgan fingerprint density at radius 3 is 1.54 bits per heavy atom. The first kappa shape index (κ1) is 45.5. The summed E-state index contributed by atoms with van der Waals surface area (Å²) in [5, 5.41) is 29.9. The molecule has 0 radical (unpaired) electrons. The Morgan fingerprint density at radius 2 is 0.974 bits per heavy atom. The molecule has 0 amide bonds. The lowest BCUT2D eigenvalue weighted by molar-refractivity contribution is 1.15. The quantitative estimate of drug-likeness (QED) is 0.101. The largest absolute Gasteiger partial charge is 0.309 e. The second kappa shape index (κ2) is 18.6. The average Bonchev–Trinajstić information content (AvgIpc) is 4.35. The van der Waals surface area contributed by atoms with E-state index >= 15 is 0 Å². The lowest BCUT2D eigenvalue weighted by atomic mass is 10.0. The Morgan fingerprint density at radius 1 is 0.474 bits per heavy atom. The number of benzene rings is 9. The highest BCUT2D eigenvalue weighted by Crippen LogP contribution is 2.44. The van der Waals surface area contributed by atoms with Crippen LogP contribution in [0.25, 0.3) is 128 Å². The van der Waals surface area contributed by atoms with Crippen LogP contribution in [0.5, 0.6) is 0 Å². The number of rotatable bonds is 10. The summed E-state index contributed by atoms with van der Waals surface area (Å²) in [6, 6.07) is 79.7. The minimum atomic E-state index is 0.387. The van der Waals surface area contributed by atoms with Crippen LogP contribution >= 0.6 is 0 Å². The van der Waals surface area contributed by atoms with Crippen molar-refractivity contribution in [1.29, 1.82) is 10.5 Å². The van der Waals surface area contributed by atoms with Gasteiger partial charge in [0, 0.05) is 60.7 Å². The number of fused-ring (bicyclic) bond motifs is 10. The van der Waals surface area contributed by atoms with Gasteiger partial charge in [0.25, 0.3) is 0 Å². The third-order valence-electron chi connectivity index (χ3n) is 15.0. The number of hydrogen-bond acceptors (Lipinski definition) is 2. The van der Waals surface area contributed by atoms with Gasteiger partial charge in [-0.2, -0.15) is 10.5 Å². The Kier molecular flexibility index (Phi) is 11.1. The van der Waals surface area contributed by atoms with Crippen LogP contribution in [0.15, 0.2) is 243 Å². The van der Waals surface area contributed by atoms with E-state index in [1.807, 2.05) is 43.4 Å². The standard InChI is InChI=1S/C70H48N6/c1-4-62(76-66-35-34-49(48-24-12-7-13-25-48)40-57(66)61-44-68-59(42-70(61)76)55-31-19-21-33-65(55)74(68)52-28-16-9-17-29-52)50(45-72)39-53(36-37-71)75-63(5-2)56(38-46(3)47-22-10-6-11-23-47)60-43-67-58(41-69(60)75)54-30-18-20-32-64(54)73(67)51-26-14-8-15-27-51/h4-36,38-44H,2H2,1,3H3/b46-38+,50-39-,53-36-,62-4+. The van der Waals surface area contributed by atoms with Crippen LogP contribution in [-0.2, 0) is 0 Å². The Balaban J connectivity index is 1.08. The molecular formula is C70H48N6. The highest BCUT2D eigenvalue weighted by atomic mass is 15.0. The van der Waals surface area contributed by atoms with Gasteiger partial charge in [0.05, 0.1) is 67.3 Å². The second-order valence-electron chi connectivity index (χ2n) is 19.2. The topological polar surface area (TPSA) is 67.3 Å². The zero-order valence-corrected chi connectivity index (χ0v) is 42.0. The van der Waals surface area contributed by atoms with Gasteiger partial charge in [0.15, 0.2) is 0 Å². The third kappa shape index (κ3) is 7.24. The van der Waals surface area contributed by atoms with Crippen molar-refractivity contribution in [2.45, 2.75) is 13.8 Å². The maximum absolute atomic E-state index is 11.6. The molecule has 6 nitrogen and oxygen atoms in total. The van der Waals surface area contributed by atoms with Crippen molar-refractivity contribution in [2.24, 2.45) is 0 Å². The van der Waals surface area contributed by atoms with Gasteiger partial charge >= 0.3 is 0 Å². The Bertz CT molecular complexity index is 4710. The summed E-state index contributed by atoms with van der Waals surface area (Å²) >= 11 is 0. The summed E-state index contributed by atoms with van der Waals surface area (Å²) in [5.74, 6) is 0. The molecule has 0 aliphatic heterocycles. The molecule has 13 rings (SSSR count). The first-order valence-electron chi connectivity index (χ1n) is 25.5. The van der Waals surface area contributed by atoms with Gasteiger partial charge in [-0.15, -0.1) is 0 Å². The number of nitriles is 2. The van der Waals surface area contributed by atoms with E-state index in [0.29, 0.717) is 17.0 Å². The smallest absolute Gasteiger partial charge is 0.101 e. The second-order valence-corrected chi connectivity index (χ2v) is 19.2. The van der Waals surface area contributed by atoms with Crippen LogP contribution in [0, 0.1) is 22.7 Å². The molecule has 0 spiro atoms. The molecule has 4 heterocycles. The molecule has 0 unspecified atom stereocenters. The summed E-state index contributed by atoms with van der Waals surface area (Å²) in [6.07, 6.45) is 9.53. The zero-order valence-electron chi connectivity index (χ0n) is 42.0. The first-order chi connectivity index (χ1) is 37.5. The molecule has 0 saturated heterocycles. The van der Waals surface area contributed by atoms with Gasteiger partial charge in [-0.3, -0.25) is 0 Å². The van der Waals surface area contributed by atoms with E-state index in [-0.39, 0.29) is 0 Å². The van der Waals surface area contributed by atoms with Gasteiger partial charge in [0.2, 0.25) is 0 Å². The highest BCUT2D eigenvalue weighted by Gasteiger charge is 2.24. The molecule has 0 aliphatic rings. The van der Waals surface area contributed by atoms with Crippen LogP contribution in [0.1, 0.15) is 30.7 Å². The summed E-state index contributed by atoms with van der Waals surface area (Å²) in [4.78, 5) is 0. The summed E-state index contributed by atoms with van der Waals surface area (Å²) in [7, 11) is 0. The molecule has 0 bridgehead atoms. The normalized spacial score (nSPS) is 12.7. The van der Waals surface area contributed by atoms with E-state index in [9.17, 15) is 10.5 Å². The van der Waals surface area contributed by atoms with E-state index < -0.39 is 0 Å². The van der Waals surface area contributed by atoms with Crippen LogP contribution in [-0.4, -0.2) is 18.3 Å². The van der Waals surface area contributed by atoms with Crippen LogP contribution in [0.4, 0.5) is 0 Å². The first-order valence-corrected chi connectivity index (χ1v) is 25.5.